The fourth-order valence-corrected chi connectivity index (χ4v) is 5.36. The molecule has 2 fully saturated rings. The highest BCUT2D eigenvalue weighted by Crippen LogP contribution is 2.49. The van der Waals surface area contributed by atoms with Crippen molar-refractivity contribution in [1.29, 1.82) is 0 Å². The molecule has 4 aromatic rings. The highest BCUT2D eigenvalue weighted by Gasteiger charge is 2.52. The Labute approximate surface area is 185 Å². The van der Waals surface area contributed by atoms with E-state index in [9.17, 15) is 0 Å². The van der Waals surface area contributed by atoms with Crippen LogP contribution >= 0.6 is 11.6 Å². The molecule has 1 aliphatic heterocycles. The summed E-state index contributed by atoms with van der Waals surface area (Å²) >= 11 is 6.29. The summed E-state index contributed by atoms with van der Waals surface area (Å²) < 4.78 is 1.86. The maximum atomic E-state index is 6.29. The Morgan fingerprint density at radius 3 is 2.71 bits per heavy atom. The molecule has 1 aliphatic carbocycles. The van der Waals surface area contributed by atoms with Crippen LogP contribution in [0.25, 0.3) is 16.6 Å². The van der Waals surface area contributed by atoms with E-state index in [-0.39, 0.29) is 0 Å². The van der Waals surface area contributed by atoms with Crippen molar-refractivity contribution in [3.05, 3.63) is 77.8 Å². The molecule has 0 bridgehead atoms. The van der Waals surface area contributed by atoms with Crippen LogP contribution in [0.1, 0.15) is 18.4 Å². The van der Waals surface area contributed by atoms with Gasteiger partial charge in [0, 0.05) is 42.8 Å². The van der Waals surface area contributed by atoms with Gasteiger partial charge in [0.25, 0.3) is 0 Å². The Hall–Kier alpha value is -2.96. The second-order valence-corrected chi connectivity index (χ2v) is 9.29. The van der Waals surface area contributed by atoms with Gasteiger partial charge in [0.05, 0.1) is 22.4 Å². The molecule has 0 amide bonds. The number of anilines is 1. The second-order valence-electron chi connectivity index (χ2n) is 8.88. The first kappa shape index (κ1) is 18.8. The monoisotopic (exact) mass is 430 g/mol. The molecule has 7 heteroatoms. The molecule has 1 saturated carbocycles. The topological polar surface area (TPSA) is 58.9 Å². The van der Waals surface area contributed by atoms with Crippen molar-refractivity contribution in [2.75, 3.05) is 18.4 Å². The van der Waals surface area contributed by atoms with Crippen LogP contribution in [0.2, 0.25) is 5.02 Å². The van der Waals surface area contributed by atoms with Gasteiger partial charge in [-0.2, -0.15) is 5.10 Å². The van der Waals surface area contributed by atoms with E-state index < -0.39 is 0 Å². The van der Waals surface area contributed by atoms with Gasteiger partial charge in [-0.05, 0) is 42.5 Å². The fraction of sp³-hybridized carbons (Fsp3) is 0.292. The van der Waals surface area contributed by atoms with Gasteiger partial charge in [0.1, 0.15) is 12.1 Å². The van der Waals surface area contributed by atoms with Crippen molar-refractivity contribution >= 4 is 28.3 Å². The molecule has 31 heavy (non-hydrogen) atoms. The van der Waals surface area contributed by atoms with Crippen LogP contribution in [0.15, 0.2) is 67.3 Å². The molecule has 2 aromatic heterocycles. The first-order chi connectivity index (χ1) is 15.2. The van der Waals surface area contributed by atoms with Crippen molar-refractivity contribution in [2.24, 2.45) is 5.41 Å². The third-order valence-electron chi connectivity index (χ3n) is 6.50. The normalized spacial score (nSPS) is 18.1. The van der Waals surface area contributed by atoms with Crippen molar-refractivity contribution in [3.63, 3.8) is 0 Å². The fourth-order valence-electron chi connectivity index (χ4n) is 5.14. The summed E-state index contributed by atoms with van der Waals surface area (Å²) in [5, 5.41) is 9.94. The van der Waals surface area contributed by atoms with E-state index in [0.29, 0.717) is 16.5 Å². The smallest absolute Gasteiger partial charge is 0.137 e. The van der Waals surface area contributed by atoms with E-state index >= 15 is 0 Å². The minimum Gasteiger partial charge on any atom is -0.367 e. The van der Waals surface area contributed by atoms with E-state index in [1.54, 1.807) is 6.33 Å². The van der Waals surface area contributed by atoms with E-state index in [4.69, 9.17) is 11.6 Å². The highest BCUT2D eigenvalue weighted by atomic mass is 35.5. The van der Waals surface area contributed by atoms with Crippen LogP contribution in [-0.4, -0.2) is 43.8 Å². The predicted molar refractivity (Wildman–Crippen MR) is 122 cm³/mol. The van der Waals surface area contributed by atoms with Crippen LogP contribution in [0.5, 0.6) is 0 Å². The number of rotatable bonds is 5. The van der Waals surface area contributed by atoms with Crippen LogP contribution in [0.3, 0.4) is 0 Å². The summed E-state index contributed by atoms with van der Waals surface area (Å²) in [4.78, 5) is 11.3. The van der Waals surface area contributed by atoms with Crippen molar-refractivity contribution < 1.29 is 0 Å². The molecule has 0 radical (unpaired) electrons. The predicted octanol–water partition coefficient (Wildman–Crippen LogP) is 4.55. The van der Waals surface area contributed by atoms with E-state index in [1.165, 1.54) is 18.4 Å². The average molecular weight is 431 g/mol. The van der Waals surface area contributed by atoms with Crippen LogP contribution in [-0.2, 0) is 6.54 Å². The van der Waals surface area contributed by atoms with Crippen molar-refractivity contribution in [2.45, 2.75) is 25.4 Å². The molecule has 0 atom stereocenters. The molecule has 1 spiro atoms. The van der Waals surface area contributed by atoms with Crippen LogP contribution in [0.4, 0.5) is 5.82 Å². The van der Waals surface area contributed by atoms with E-state index in [0.717, 1.165) is 42.0 Å². The molecule has 2 aromatic carbocycles. The number of benzene rings is 2. The summed E-state index contributed by atoms with van der Waals surface area (Å²) in [7, 11) is 0. The zero-order valence-corrected chi connectivity index (χ0v) is 17.8. The number of halogens is 1. The summed E-state index contributed by atoms with van der Waals surface area (Å²) in [6.45, 7) is 3.22. The largest absolute Gasteiger partial charge is 0.367 e. The Morgan fingerprint density at radius 1 is 1.03 bits per heavy atom. The molecule has 3 heterocycles. The number of nitrogens with one attached hydrogen (secondary N) is 1. The summed E-state index contributed by atoms with van der Waals surface area (Å²) in [6.07, 6.45) is 8.06. The number of fused-ring (bicyclic) bond motifs is 1. The third-order valence-corrected chi connectivity index (χ3v) is 6.82. The lowest BCUT2D eigenvalue weighted by Crippen LogP contribution is -2.64. The maximum Gasteiger partial charge on any atom is 0.137 e. The number of likely N-dealkylation sites (tertiary alicyclic amines) is 1. The molecule has 0 unspecified atom stereocenters. The Balaban J connectivity index is 1.04. The summed E-state index contributed by atoms with van der Waals surface area (Å²) in [5.74, 6) is 0.952. The lowest BCUT2D eigenvalue weighted by molar-refractivity contribution is -0.0712. The zero-order chi connectivity index (χ0) is 20.8. The number of aromatic nitrogens is 4. The summed E-state index contributed by atoms with van der Waals surface area (Å²) in [5.41, 5.74) is 3.58. The first-order valence-corrected chi connectivity index (χ1v) is 11.0. The third kappa shape index (κ3) is 3.46. The molecular formula is C24H23ClN6. The minimum absolute atomic E-state index is 0.458. The zero-order valence-electron chi connectivity index (χ0n) is 17.1. The quantitative estimate of drug-likeness (QED) is 0.503. The molecule has 1 N–H and O–H groups in total. The van der Waals surface area contributed by atoms with Crippen molar-refractivity contribution in [3.8, 4) is 5.69 Å². The van der Waals surface area contributed by atoms with Gasteiger partial charge in [-0.3, -0.25) is 4.90 Å². The van der Waals surface area contributed by atoms with Gasteiger partial charge < -0.3 is 5.32 Å². The molecular weight excluding hydrogens is 408 g/mol. The van der Waals surface area contributed by atoms with Gasteiger partial charge in [-0.1, -0.05) is 35.9 Å². The first-order valence-electron chi connectivity index (χ1n) is 10.6. The summed E-state index contributed by atoms with van der Waals surface area (Å²) in [6, 6.07) is 16.4. The van der Waals surface area contributed by atoms with E-state index in [1.807, 2.05) is 53.3 Å². The molecule has 1 saturated heterocycles. The Bertz CT molecular complexity index is 1230. The Kier molecular flexibility index (Phi) is 4.44. The Morgan fingerprint density at radius 2 is 1.84 bits per heavy atom. The highest BCUT2D eigenvalue weighted by molar-refractivity contribution is 6.32. The standard InChI is InChI=1S/C24H23ClN6/c25-20-6-2-4-8-22(20)31-13-17(11-28-31)12-30-14-24(15-30)9-18(10-24)29-23-19-5-1-3-7-21(19)26-16-27-23/h1-8,11,13,16,18H,9-10,12,14-15H2,(H,26,27,29). The molecule has 2 aliphatic rings. The van der Waals surface area contributed by atoms with Gasteiger partial charge in [-0.25, -0.2) is 14.6 Å². The second kappa shape index (κ2) is 7.32. The van der Waals surface area contributed by atoms with Gasteiger partial charge in [-0.15, -0.1) is 0 Å². The van der Waals surface area contributed by atoms with Crippen molar-refractivity contribution in [1.82, 2.24) is 24.6 Å². The van der Waals surface area contributed by atoms with Crippen LogP contribution in [0, 0.1) is 5.41 Å². The number of para-hydroxylation sites is 2. The lowest BCUT2D eigenvalue weighted by Gasteiger charge is -2.59. The number of nitrogens with zero attached hydrogens (tertiary/aromatic N) is 5. The van der Waals surface area contributed by atoms with Gasteiger partial charge in [0.2, 0.25) is 0 Å². The number of hydrogen-bond donors (Lipinski definition) is 1. The maximum absolute atomic E-state index is 6.29. The molecule has 6 rings (SSSR count). The minimum atomic E-state index is 0.458. The van der Waals surface area contributed by atoms with Gasteiger partial charge >= 0.3 is 0 Å². The van der Waals surface area contributed by atoms with Crippen LogP contribution < -0.4 is 5.32 Å². The van der Waals surface area contributed by atoms with E-state index in [2.05, 4.69) is 37.5 Å². The number of hydrogen-bond acceptors (Lipinski definition) is 5. The average Bonchev–Trinajstić information content (AvgIpc) is 3.19. The molecule has 6 nitrogen and oxygen atoms in total. The van der Waals surface area contributed by atoms with Gasteiger partial charge in [0.15, 0.2) is 0 Å². The lowest BCUT2D eigenvalue weighted by atomic mass is 9.60. The SMILES string of the molecule is Clc1ccccc1-n1cc(CN2CC3(CC(Nc4ncnc5ccccc45)C3)C2)cn1. The molecule has 156 valence electrons.